The van der Waals surface area contributed by atoms with Gasteiger partial charge < -0.3 is 4.74 Å². The number of halogens is 1. The lowest BCUT2D eigenvalue weighted by Crippen LogP contribution is -2.24. The van der Waals surface area contributed by atoms with Gasteiger partial charge in [-0.3, -0.25) is 4.90 Å². The molecule has 0 radical (unpaired) electrons. The highest BCUT2D eigenvalue weighted by Crippen LogP contribution is 2.14. The minimum atomic E-state index is 0.906. The number of hydrogen-bond donors (Lipinski definition) is 0. The van der Waals surface area contributed by atoms with Gasteiger partial charge in [0.15, 0.2) is 0 Å². The van der Waals surface area contributed by atoms with Crippen LogP contribution in [0.1, 0.15) is 11.1 Å². The molecule has 0 atom stereocenters. The van der Waals surface area contributed by atoms with E-state index in [0.29, 0.717) is 0 Å². The molecule has 0 heterocycles. The van der Waals surface area contributed by atoms with Crippen LogP contribution in [0.5, 0.6) is 5.75 Å². The van der Waals surface area contributed by atoms with E-state index in [1.54, 1.807) is 7.11 Å². The maximum Gasteiger partial charge on any atom is 0.118 e. The highest BCUT2D eigenvalue weighted by Gasteiger charge is 2.06. The fraction of sp³-hybridized carbons (Fsp3) is 0.294. The Morgan fingerprint density at radius 2 is 1.50 bits per heavy atom. The molecule has 2 nitrogen and oxygen atoms in total. The molecule has 0 spiro atoms. The Kier molecular flexibility index (Phi) is 6.09. The molecule has 0 N–H and O–H groups in total. The van der Waals surface area contributed by atoms with Crippen molar-refractivity contribution in [3.63, 3.8) is 0 Å². The minimum Gasteiger partial charge on any atom is -0.497 e. The van der Waals surface area contributed by atoms with Crippen molar-refractivity contribution in [1.82, 2.24) is 4.90 Å². The molecule has 0 aliphatic rings. The third-order valence-electron chi connectivity index (χ3n) is 3.21. The average Bonchev–Trinajstić information content (AvgIpc) is 2.49. The summed E-state index contributed by atoms with van der Waals surface area (Å²) in [6.07, 6.45) is 0. The Hall–Kier alpha value is -1.32. The molecule has 0 amide bonds. The molecule has 0 aliphatic heterocycles. The zero-order chi connectivity index (χ0) is 14.2. The average molecular weight is 334 g/mol. The molecule has 3 heteroatoms. The molecule has 0 aliphatic carbocycles. The van der Waals surface area contributed by atoms with E-state index in [1.807, 2.05) is 12.1 Å². The van der Waals surface area contributed by atoms with Crippen molar-refractivity contribution in [1.29, 1.82) is 0 Å². The highest BCUT2D eigenvalue weighted by molar-refractivity contribution is 9.09. The number of rotatable bonds is 7. The molecule has 2 aromatic rings. The molecule has 2 rings (SSSR count). The molecular weight excluding hydrogens is 314 g/mol. The van der Waals surface area contributed by atoms with Crippen LogP contribution >= 0.6 is 15.9 Å². The summed E-state index contributed by atoms with van der Waals surface area (Å²) in [5, 5.41) is 0.982. The van der Waals surface area contributed by atoms with Crippen LogP contribution in [0, 0.1) is 0 Å². The Labute approximate surface area is 129 Å². The first kappa shape index (κ1) is 15.1. The Morgan fingerprint density at radius 3 is 2.05 bits per heavy atom. The van der Waals surface area contributed by atoms with Gasteiger partial charge in [-0.25, -0.2) is 0 Å². The topological polar surface area (TPSA) is 12.5 Å². The molecule has 0 saturated heterocycles. The molecule has 0 fully saturated rings. The zero-order valence-electron chi connectivity index (χ0n) is 11.8. The molecule has 20 heavy (non-hydrogen) atoms. The van der Waals surface area contributed by atoms with E-state index in [4.69, 9.17) is 4.74 Å². The summed E-state index contributed by atoms with van der Waals surface area (Å²) in [6.45, 7) is 2.95. The second-order valence-electron chi connectivity index (χ2n) is 4.73. The summed E-state index contributed by atoms with van der Waals surface area (Å²) in [6, 6.07) is 18.9. The van der Waals surface area contributed by atoms with E-state index in [1.165, 1.54) is 11.1 Å². The van der Waals surface area contributed by atoms with Gasteiger partial charge >= 0.3 is 0 Å². The second kappa shape index (κ2) is 8.08. The monoisotopic (exact) mass is 333 g/mol. The number of alkyl halides is 1. The number of benzene rings is 2. The standard InChI is InChI=1S/C17H20BrNO/c1-20-17-9-7-16(8-10-17)14-19(12-11-18)13-15-5-3-2-4-6-15/h2-10H,11-14H2,1H3. The van der Waals surface area contributed by atoms with E-state index < -0.39 is 0 Å². The van der Waals surface area contributed by atoms with E-state index in [-0.39, 0.29) is 0 Å². The van der Waals surface area contributed by atoms with Crippen LogP contribution in [0.4, 0.5) is 0 Å². The predicted molar refractivity (Wildman–Crippen MR) is 87.3 cm³/mol. The molecule has 106 valence electrons. The Morgan fingerprint density at radius 1 is 0.900 bits per heavy atom. The van der Waals surface area contributed by atoms with Crippen molar-refractivity contribution in [3.05, 3.63) is 65.7 Å². The number of methoxy groups -OCH3 is 1. The lowest BCUT2D eigenvalue weighted by atomic mass is 10.1. The van der Waals surface area contributed by atoms with Crippen molar-refractivity contribution in [2.75, 3.05) is 19.0 Å². The maximum absolute atomic E-state index is 5.20. The van der Waals surface area contributed by atoms with Crippen LogP contribution in [0.2, 0.25) is 0 Å². The van der Waals surface area contributed by atoms with Gasteiger partial charge in [0.2, 0.25) is 0 Å². The van der Waals surface area contributed by atoms with Crippen LogP contribution < -0.4 is 4.74 Å². The second-order valence-corrected chi connectivity index (χ2v) is 5.53. The van der Waals surface area contributed by atoms with Gasteiger partial charge in [-0.15, -0.1) is 0 Å². The number of hydrogen-bond acceptors (Lipinski definition) is 2. The summed E-state index contributed by atoms with van der Waals surface area (Å²) in [5.74, 6) is 0.906. The SMILES string of the molecule is COc1ccc(CN(CCBr)Cc2ccccc2)cc1. The van der Waals surface area contributed by atoms with Crippen molar-refractivity contribution < 1.29 is 4.74 Å². The van der Waals surface area contributed by atoms with E-state index in [2.05, 4.69) is 63.3 Å². The van der Waals surface area contributed by atoms with Gasteiger partial charge in [0, 0.05) is 25.0 Å². The first-order valence-corrected chi connectivity index (χ1v) is 7.89. The summed E-state index contributed by atoms with van der Waals surface area (Å²) in [5.41, 5.74) is 2.66. The van der Waals surface area contributed by atoms with Gasteiger partial charge in [0.25, 0.3) is 0 Å². The lowest BCUT2D eigenvalue weighted by molar-refractivity contribution is 0.274. The van der Waals surface area contributed by atoms with Gasteiger partial charge in [-0.1, -0.05) is 58.4 Å². The number of ether oxygens (including phenoxy) is 1. The summed E-state index contributed by atoms with van der Waals surface area (Å²) >= 11 is 3.54. The van der Waals surface area contributed by atoms with Crippen molar-refractivity contribution in [3.8, 4) is 5.75 Å². The van der Waals surface area contributed by atoms with Crippen LogP contribution in [0.15, 0.2) is 54.6 Å². The fourth-order valence-corrected chi connectivity index (χ4v) is 2.67. The van der Waals surface area contributed by atoms with E-state index in [9.17, 15) is 0 Å². The Balaban J connectivity index is 2.00. The minimum absolute atomic E-state index is 0.906. The van der Waals surface area contributed by atoms with Crippen LogP contribution in [-0.2, 0) is 13.1 Å². The summed E-state index contributed by atoms with van der Waals surface area (Å²) < 4.78 is 5.20. The lowest BCUT2D eigenvalue weighted by Gasteiger charge is -2.21. The Bertz CT molecular complexity index is 498. The van der Waals surface area contributed by atoms with E-state index in [0.717, 1.165) is 30.7 Å². The predicted octanol–water partition coefficient (Wildman–Crippen LogP) is 4.09. The summed E-state index contributed by atoms with van der Waals surface area (Å²) in [4.78, 5) is 2.44. The molecule has 0 saturated carbocycles. The largest absolute Gasteiger partial charge is 0.497 e. The van der Waals surface area contributed by atoms with Crippen LogP contribution in [0.3, 0.4) is 0 Å². The van der Waals surface area contributed by atoms with Crippen LogP contribution in [-0.4, -0.2) is 23.9 Å². The van der Waals surface area contributed by atoms with Crippen molar-refractivity contribution in [2.45, 2.75) is 13.1 Å². The molecular formula is C17H20BrNO. The molecule has 0 bridgehead atoms. The quantitative estimate of drug-likeness (QED) is 0.707. The third kappa shape index (κ3) is 4.66. The highest BCUT2D eigenvalue weighted by atomic mass is 79.9. The van der Waals surface area contributed by atoms with Gasteiger partial charge in [0.1, 0.15) is 5.75 Å². The first-order valence-electron chi connectivity index (χ1n) is 6.77. The zero-order valence-corrected chi connectivity index (χ0v) is 13.3. The fourth-order valence-electron chi connectivity index (χ4n) is 2.16. The number of nitrogens with zero attached hydrogens (tertiary/aromatic N) is 1. The first-order chi connectivity index (χ1) is 9.81. The molecule has 2 aromatic carbocycles. The van der Waals surface area contributed by atoms with Crippen LogP contribution in [0.25, 0.3) is 0 Å². The normalized spacial score (nSPS) is 10.8. The molecule has 0 unspecified atom stereocenters. The maximum atomic E-state index is 5.20. The smallest absolute Gasteiger partial charge is 0.118 e. The third-order valence-corrected chi connectivity index (χ3v) is 3.57. The van der Waals surface area contributed by atoms with E-state index >= 15 is 0 Å². The van der Waals surface area contributed by atoms with Gasteiger partial charge in [0.05, 0.1) is 7.11 Å². The van der Waals surface area contributed by atoms with Gasteiger partial charge in [-0.05, 0) is 23.3 Å². The van der Waals surface area contributed by atoms with Crippen molar-refractivity contribution >= 4 is 15.9 Å². The van der Waals surface area contributed by atoms with Gasteiger partial charge in [-0.2, -0.15) is 0 Å². The summed E-state index contributed by atoms with van der Waals surface area (Å²) in [7, 11) is 1.70. The van der Waals surface area contributed by atoms with Crippen molar-refractivity contribution in [2.24, 2.45) is 0 Å². The molecule has 0 aromatic heterocycles.